The van der Waals surface area contributed by atoms with Crippen LogP contribution in [0.15, 0.2) is 17.0 Å². The number of likely N-dealkylation sites (tertiary alicyclic amines) is 1. The third-order valence-electron chi connectivity index (χ3n) is 5.32. The Hall–Kier alpha value is -2.71. The molecule has 0 bridgehead atoms. The second-order valence-corrected chi connectivity index (χ2v) is 7.37. The number of carbonyl (C=O) groups excluding carboxylic acids is 2. The number of hydrogen-bond donors (Lipinski definition) is 0. The monoisotopic (exact) mass is 372 g/mol. The molecule has 2 fully saturated rings. The Kier molecular flexibility index (Phi) is 4.67. The van der Waals surface area contributed by atoms with E-state index in [0.29, 0.717) is 49.4 Å². The van der Waals surface area contributed by atoms with Crippen LogP contribution in [0.5, 0.6) is 0 Å². The summed E-state index contributed by atoms with van der Waals surface area (Å²) in [5, 5.41) is 4.02. The SMILES string of the molecule is CC(=O)N(CCc1noc(C2CC2)n1)C1CCN(C(=O)c2cncn2C)C1. The number of amides is 2. The minimum atomic E-state index is -0.0479. The lowest BCUT2D eigenvalue weighted by Gasteiger charge is -2.27. The first kappa shape index (κ1) is 17.7. The molecule has 3 heterocycles. The fraction of sp³-hybridized carbons (Fsp3) is 0.611. The Morgan fingerprint density at radius 2 is 2.15 bits per heavy atom. The smallest absolute Gasteiger partial charge is 0.272 e. The van der Waals surface area contributed by atoms with E-state index in [9.17, 15) is 9.59 Å². The van der Waals surface area contributed by atoms with E-state index in [-0.39, 0.29) is 17.9 Å². The van der Waals surface area contributed by atoms with E-state index in [2.05, 4.69) is 15.1 Å². The van der Waals surface area contributed by atoms with Crippen molar-refractivity contribution >= 4 is 11.8 Å². The standard InChI is InChI=1S/C18H24N6O3/c1-12(25)24(8-6-16-20-17(27-21-16)13-3-4-13)14-5-7-23(10-14)18(26)15-9-19-11-22(15)2/h9,11,13-14H,3-8,10H2,1-2H3. The molecule has 144 valence electrons. The summed E-state index contributed by atoms with van der Waals surface area (Å²) < 4.78 is 7.00. The molecule has 0 radical (unpaired) electrons. The van der Waals surface area contributed by atoms with Crippen LogP contribution in [0.4, 0.5) is 0 Å². The molecule has 4 rings (SSSR count). The highest BCUT2D eigenvalue weighted by atomic mass is 16.5. The summed E-state index contributed by atoms with van der Waals surface area (Å²) in [6, 6.07) is 0.00878. The van der Waals surface area contributed by atoms with Gasteiger partial charge in [0.1, 0.15) is 5.69 Å². The number of rotatable bonds is 6. The van der Waals surface area contributed by atoms with Crippen molar-refractivity contribution in [1.82, 2.24) is 29.5 Å². The van der Waals surface area contributed by atoms with E-state index in [4.69, 9.17) is 4.52 Å². The van der Waals surface area contributed by atoms with Crippen LogP contribution in [0.3, 0.4) is 0 Å². The number of imidazole rings is 1. The van der Waals surface area contributed by atoms with Crippen molar-refractivity contribution in [2.45, 2.75) is 44.6 Å². The van der Waals surface area contributed by atoms with Gasteiger partial charge >= 0.3 is 0 Å². The molecular formula is C18H24N6O3. The second kappa shape index (κ2) is 7.13. The van der Waals surface area contributed by atoms with E-state index >= 15 is 0 Å². The summed E-state index contributed by atoms with van der Waals surface area (Å²) in [7, 11) is 1.80. The molecule has 2 aromatic heterocycles. The lowest BCUT2D eigenvalue weighted by atomic mass is 10.2. The zero-order chi connectivity index (χ0) is 19.0. The summed E-state index contributed by atoms with van der Waals surface area (Å²) in [5.41, 5.74) is 0.560. The van der Waals surface area contributed by atoms with E-state index in [1.54, 1.807) is 36.0 Å². The lowest BCUT2D eigenvalue weighted by molar-refractivity contribution is -0.130. The minimum Gasteiger partial charge on any atom is -0.339 e. The van der Waals surface area contributed by atoms with Crippen LogP contribution in [-0.4, -0.2) is 67.0 Å². The van der Waals surface area contributed by atoms with Crippen LogP contribution in [0.2, 0.25) is 0 Å². The normalized spacial score (nSPS) is 19.5. The van der Waals surface area contributed by atoms with E-state index in [0.717, 1.165) is 19.3 Å². The molecule has 27 heavy (non-hydrogen) atoms. The quantitative estimate of drug-likeness (QED) is 0.750. The number of aromatic nitrogens is 4. The first-order chi connectivity index (χ1) is 13.0. The van der Waals surface area contributed by atoms with Crippen LogP contribution >= 0.6 is 0 Å². The van der Waals surface area contributed by atoms with Crippen molar-refractivity contribution in [3.63, 3.8) is 0 Å². The van der Waals surface area contributed by atoms with Crippen LogP contribution < -0.4 is 0 Å². The van der Waals surface area contributed by atoms with Gasteiger partial charge in [-0.1, -0.05) is 5.16 Å². The van der Waals surface area contributed by atoms with Crippen molar-refractivity contribution < 1.29 is 14.1 Å². The average molecular weight is 372 g/mol. The zero-order valence-electron chi connectivity index (χ0n) is 15.7. The highest BCUT2D eigenvalue weighted by Gasteiger charge is 2.33. The Bertz CT molecular complexity index is 840. The first-order valence-corrected chi connectivity index (χ1v) is 9.38. The molecule has 2 aliphatic rings. The Morgan fingerprint density at radius 1 is 1.33 bits per heavy atom. The summed E-state index contributed by atoms with van der Waals surface area (Å²) in [6.45, 7) is 3.25. The van der Waals surface area contributed by atoms with Gasteiger partial charge in [-0.05, 0) is 19.3 Å². The molecule has 1 unspecified atom stereocenters. The van der Waals surface area contributed by atoms with Gasteiger partial charge < -0.3 is 18.9 Å². The van der Waals surface area contributed by atoms with Crippen LogP contribution in [-0.2, 0) is 18.3 Å². The molecule has 1 atom stereocenters. The van der Waals surface area contributed by atoms with Gasteiger partial charge in [0.05, 0.1) is 18.6 Å². The van der Waals surface area contributed by atoms with Crippen molar-refractivity contribution in [2.24, 2.45) is 7.05 Å². The molecule has 1 aliphatic carbocycles. The molecule has 9 nitrogen and oxygen atoms in total. The van der Waals surface area contributed by atoms with Gasteiger partial charge in [0.2, 0.25) is 11.8 Å². The summed E-state index contributed by atoms with van der Waals surface area (Å²) in [6.07, 6.45) is 6.74. The molecular weight excluding hydrogens is 348 g/mol. The van der Waals surface area contributed by atoms with Gasteiger partial charge in [-0.25, -0.2) is 4.98 Å². The fourth-order valence-corrected chi connectivity index (χ4v) is 3.59. The molecule has 1 saturated heterocycles. The molecule has 2 amide bonds. The number of hydrogen-bond acceptors (Lipinski definition) is 6. The van der Waals surface area contributed by atoms with Gasteiger partial charge in [-0.15, -0.1) is 0 Å². The molecule has 9 heteroatoms. The molecule has 0 aromatic carbocycles. The third-order valence-corrected chi connectivity index (χ3v) is 5.32. The first-order valence-electron chi connectivity index (χ1n) is 9.38. The van der Waals surface area contributed by atoms with Crippen molar-refractivity contribution in [2.75, 3.05) is 19.6 Å². The largest absolute Gasteiger partial charge is 0.339 e. The predicted octanol–water partition coefficient (Wildman–Crippen LogP) is 0.986. The van der Waals surface area contributed by atoms with Gasteiger partial charge in [0, 0.05) is 45.9 Å². The maximum Gasteiger partial charge on any atom is 0.272 e. The lowest BCUT2D eigenvalue weighted by Crippen LogP contribution is -2.43. The number of nitrogens with zero attached hydrogens (tertiary/aromatic N) is 6. The van der Waals surface area contributed by atoms with Gasteiger partial charge in [-0.2, -0.15) is 4.98 Å². The maximum atomic E-state index is 12.6. The molecule has 1 aliphatic heterocycles. The Labute approximate surface area is 157 Å². The molecule has 0 spiro atoms. The van der Waals surface area contributed by atoms with Gasteiger partial charge in [0.25, 0.3) is 5.91 Å². The zero-order valence-corrected chi connectivity index (χ0v) is 15.7. The van der Waals surface area contributed by atoms with E-state index in [1.807, 2.05) is 4.90 Å². The van der Waals surface area contributed by atoms with E-state index in [1.165, 1.54) is 0 Å². The molecule has 0 N–H and O–H groups in total. The Balaban J connectivity index is 1.36. The van der Waals surface area contributed by atoms with E-state index < -0.39 is 0 Å². The third kappa shape index (κ3) is 3.72. The molecule has 1 saturated carbocycles. The fourth-order valence-electron chi connectivity index (χ4n) is 3.59. The summed E-state index contributed by atoms with van der Waals surface area (Å²) in [5.74, 6) is 1.74. The molecule has 2 aromatic rings. The summed E-state index contributed by atoms with van der Waals surface area (Å²) in [4.78, 5) is 36.9. The Morgan fingerprint density at radius 3 is 2.81 bits per heavy atom. The van der Waals surface area contributed by atoms with Crippen LogP contribution in [0.1, 0.15) is 54.3 Å². The van der Waals surface area contributed by atoms with Crippen molar-refractivity contribution in [3.8, 4) is 0 Å². The van der Waals surface area contributed by atoms with Crippen LogP contribution in [0, 0.1) is 0 Å². The van der Waals surface area contributed by atoms with Gasteiger partial charge in [-0.3, -0.25) is 9.59 Å². The topological polar surface area (TPSA) is 97.4 Å². The van der Waals surface area contributed by atoms with Crippen molar-refractivity contribution in [3.05, 3.63) is 29.9 Å². The highest BCUT2D eigenvalue weighted by Crippen LogP contribution is 2.38. The number of aryl methyl sites for hydroxylation is 1. The van der Waals surface area contributed by atoms with Crippen molar-refractivity contribution in [1.29, 1.82) is 0 Å². The number of carbonyl (C=O) groups is 2. The average Bonchev–Trinajstić information content (AvgIpc) is 3.04. The highest BCUT2D eigenvalue weighted by molar-refractivity contribution is 5.92. The van der Waals surface area contributed by atoms with Crippen LogP contribution in [0.25, 0.3) is 0 Å². The second-order valence-electron chi connectivity index (χ2n) is 7.37. The van der Waals surface area contributed by atoms with Gasteiger partial charge in [0.15, 0.2) is 5.82 Å². The maximum absolute atomic E-state index is 12.6. The minimum absolute atomic E-state index is 0.000689. The predicted molar refractivity (Wildman–Crippen MR) is 94.9 cm³/mol. The summed E-state index contributed by atoms with van der Waals surface area (Å²) >= 11 is 0.